The highest BCUT2D eigenvalue weighted by Crippen LogP contribution is 2.27. The molecule has 0 amide bonds. The van der Waals surface area contributed by atoms with Crippen molar-refractivity contribution in [3.8, 4) is 0 Å². The molecule has 1 N–H and O–H groups in total. The van der Waals surface area contributed by atoms with Crippen molar-refractivity contribution in [2.45, 2.75) is 19.9 Å². The highest BCUT2D eigenvalue weighted by atomic mass is 79.9. The van der Waals surface area contributed by atoms with Crippen LogP contribution in [0.2, 0.25) is 0 Å². The number of benzene rings is 1. The van der Waals surface area contributed by atoms with E-state index in [4.69, 9.17) is 0 Å². The van der Waals surface area contributed by atoms with Crippen molar-refractivity contribution in [3.63, 3.8) is 0 Å². The van der Waals surface area contributed by atoms with Crippen LogP contribution in [0.15, 0.2) is 22.7 Å². The maximum atomic E-state index is 13.7. The standard InChI is InChI=1S/C11H15BrFN/c1-7(2)11(14-3)8-5-4-6-9(12)10(8)13/h4-7,11,14H,1-3H3. The van der Waals surface area contributed by atoms with Crippen LogP contribution in [0.1, 0.15) is 25.5 Å². The summed E-state index contributed by atoms with van der Waals surface area (Å²) in [5.41, 5.74) is 0.719. The summed E-state index contributed by atoms with van der Waals surface area (Å²) in [5.74, 6) is 0.198. The molecule has 0 spiro atoms. The van der Waals surface area contributed by atoms with Gasteiger partial charge in [0.25, 0.3) is 0 Å². The van der Waals surface area contributed by atoms with E-state index in [0.717, 1.165) is 5.56 Å². The predicted octanol–water partition coefficient (Wildman–Crippen LogP) is 3.50. The molecule has 0 aliphatic carbocycles. The molecule has 1 rings (SSSR count). The fraction of sp³-hybridized carbons (Fsp3) is 0.455. The minimum atomic E-state index is -0.166. The third kappa shape index (κ3) is 2.34. The summed E-state index contributed by atoms with van der Waals surface area (Å²) in [5, 5.41) is 3.12. The van der Waals surface area contributed by atoms with Crippen LogP contribution in [-0.2, 0) is 0 Å². The highest BCUT2D eigenvalue weighted by Gasteiger charge is 2.18. The molecule has 14 heavy (non-hydrogen) atoms. The van der Waals surface area contributed by atoms with E-state index in [1.165, 1.54) is 0 Å². The second-order valence-corrected chi connectivity index (χ2v) is 4.51. The maximum absolute atomic E-state index is 13.7. The monoisotopic (exact) mass is 259 g/mol. The Labute approximate surface area is 92.8 Å². The molecule has 0 radical (unpaired) electrons. The van der Waals surface area contributed by atoms with Crippen LogP contribution in [-0.4, -0.2) is 7.05 Å². The molecule has 0 aliphatic rings. The number of hydrogen-bond donors (Lipinski definition) is 1. The molecule has 0 saturated heterocycles. The number of rotatable bonds is 3. The third-order valence-electron chi connectivity index (χ3n) is 2.29. The lowest BCUT2D eigenvalue weighted by molar-refractivity contribution is 0.423. The van der Waals surface area contributed by atoms with E-state index in [0.29, 0.717) is 10.4 Å². The van der Waals surface area contributed by atoms with Crippen molar-refractivity contribution < 1.29 is 4.39 Å². The Morgan fingerprint density at radius 1 is 1.36 bits per heavy atom. The fourth-order valence-electron chi connectivity index (χ4n) is 1.61. The quantitative estimate of drug-likeness (QED) is 0.877. The zero-order chi connectivity index (χ0) is 10.7. The van der Waals surface area contributed by atoms with Gasteiger partial charge in [-0.25, -0.2) is 4.39 Å². The summed E-state index contributed by atoms with van der Waals surface area (Å²) in [4.78, 5) is 0. The van der Waals surface area contributed by atoms with Crippen molar-refractivity contribution in [3.05, 3.63) is 34.1 Å². The minimum absolute atomic E-state index is 0.0625. The van der Waals surface area contributed by atoms with Crippen molar-refractivity contribution in [2.24, 2.45) is 5.92 Å². The molecule has 1 aromatic rings. The molecular weight excluding hydrogens is 245 g/mol. The second-order valence-electron chi connectivity index (χ2n) is 3.65. The number of nitrogens with one attached hydrogen (secondary N) is 1. The maximum Gasteiger partial charge on any atom is 0.142 e. The molecule has 3 heteroatoms. The molecule has 0 saturated carbocycles. The largest absolute Gasteiger partial charge is 0.313 e. The van der Waals surface area contributed by atoms with Gasteiger partial charge in [0.05, 0.1) is 4.47 Å². The summed E-state index contributed by atoms with van der Waals surface area (Å²) >= 11 is 3.19. The first-order chi connectivity index (χ1) is 6.57. The summed E-state index contributed by atoms with van der Waals surface area (Å²) in [7, 11) is 1.85. The molecule has 0 bridgehead atoms. The van der Waals surface area contributed by atoms with E-state index in [2.05, 4.69) is 35.1 Å². The zero-order valence-corrected chi connectivity index (χ0v) is 10.2. The Morgan fingerprint density at radius 2 is 2.00 bits per heavy atom. The van der Waals surface area contributed by atoms with Gasteiger partial charge in [0, 0.05) is 11.6 Å². The SMILES string of the molecule is CNC(c1cccc(Br)c1F)C(C)C. The Bertz CT molecular complexity index is 312. The number of halogens is 2. The average Bonchev–Trinajstić information content (AvgIpc) is 2.13. The summed E-state index contributed by atoms with van der Waals surface area (Å²) in [6.45, 7) is 4.14. The lowest BCUT2D eigenvalue weighted by Gasteiger charge is -2.21. The van der Waals surface area contributed by atoms with Crippen LogP contribution < -0.4 is 5.32 Å². The van der Waals surface area contributed by atoms with Gasteiger partial charge in [-0.3, -0.25) is 0 Å². The van der Waals surface area contributed by atoms with E-state index in [1.807, 2.05) is 19.2 Å². The average molecular weight is 260 g/mol. The van der Waals surface area contributed by atoms with Gasteiger partial charge in [-0.05, 0) is 35.0 Å². The van der Waals surface area contributed by atoms with Gasteiger partial charge in [0.2, 0.25) is 0 Å². The fourth-order valence-corrected chi connectivity index (χ4v) is 1.99. The molecule has 0 aromatic heterocycles. The third-order valence-corrected chi connectivity index (χ3v) is 2.91. The molecule has 1 aromatic carbocycles. The lowest BCUT2D eigenvalue weighted by atomic mass is 9.96. The molecule has 78 valence electrons. The van der Waals surface area contributed by atoms with Gasteiger partial charge in [0.15, 0.2) is 0 Å². The molecule has 0 aliphatic heterocycles. The van der Waals surface area contributed by atoms with E-state index in [1.54, 1.807) is 6.07 Å². The van der Waals surface area contributed by atoms with Crippen molar-refractivity contribution >= 4 is 15.9 Å². The van der Waals surface area contributed by atoms with Gasteiger partial charge in [-0.1, -0.05) is 26.0 Å². The Kier molecular flexibility index (Phi) is 4.08. The highest BCUT2D eigenvalue weighted by molar-refractivity contribution is 9.10. The zero-order valence-electron chi connectivity index (χ0n) is 8.64. The van der Waals surface area contributed by atoms with Crippen molar-refractivity contribution in [1.82, 2.24) is 5.32 Å². The van der Waals surface area contributed by atoms with Crippen molar-refractivity contribution in [2.75, 3.05) is 7.05 Å². The van der Waals surface area contributed by atoms with E-state index in [9.17, 15) is 4.39 Å². The van der Waals surface area contributed by atoms with Gasteiger partial charge in [0.1, 0.15) is 5.82 Å². The smallest absolute Gasteiger partial charge is 0.142 e. The van der Waals surface area contributed by atoms with Crippen LogP contribution in [0.3, 0.4) is 0 Å². The molecule has 1 unspecified atom stereocenters. The molecule has 1 atom stereocenters. The normalized spacial score (nSPS) is 13.3. The molecule has 0 fully saturated rings. The first-order valence-corrected chi connectivity index (χ1v) is 5.48. The van der Waals surface area contributed by atoms with Crippen LogP contribution >= 0.6 is 15.9 Å². The Morgan fingerprint density at radius 3 is 2.50 bits per heavy atom. The molecule has 0 heterocycles. The minimum Gasteiger partial charge on any atom is -0.313 e. The van der Waals surface area contributed by atoms with Gasteiger partial charge >= 0.3 is 0 Å². The van der Waals surface area contributed by atoms with Gasteiger partial charge < -0.3 is 5.32 Å². The topological polar surface area (TPSA) is 12.0 Å². The Balaban J connectivity index is 3.10. The molecule has 1 nitrogen and oxygen atoms in total. The number of hydrogen-bond acceptors (Lipinski definition) is 1. The lowest BCUT2D eigenvalue weighted by Crippen LogP contribution is -2.22. The van der Waals surface area contributed by atoms with E-state index < -0.39 is 0 Å². The van der Waals surface area contributed by atoms with Gasteiger partial charge in [-0.2, -0.15) is 0 Å². The van der Waals surface area contributed by atoms with Gasteiger partial charge in [-0.15, -0.1) is 0 Å². The van der Waals surface area contributed by atoms with Crippen molar-refractivity contribution in [1.29, 1.82) is 0 Å². The first-order valence-electron chi connectivity index (χ1n) is 4.69. The van der Waals surface area contributed by atoms with Crippen LogP contribution in [0, 0.1) is 11.7 Å². The van der Waals surface area contributed by atoms with Crippen LogP contribution in [0.25, 0.3) is 0 Å². The van der Waals surface area contributed by atoms with E-state index in [-0.39, 0.29) is 11.9 Å². The Hall–Kier alpha value is -0.410. The summed E-state index contributed by atoms with van der Waals surface area (Å²) in [6, 6.07) is 5.45. The molecular formula is C11H15BrFN. The van der Waals surface area contributed by atoms with E-state index >= 15 is 0 Å². The summed E-state index contributed by atoms with van der Waals surface area (Å²) < 4.78 is 14.2. The summed E-state index contributed by atoms with van der Waals surface area (Å²) in [6.07, 6.45) is 0. The second kappa shape index (κ2) is 4.89. The van der Waals surface area contributed by atoms with Crippen LogP contribution in [0.5, 0.6) is 0 Å². The predicted molar refractivity (Wildman–Crippen MR) is 60.7 cm³/mol. The first kappa shape index (κ1) is 11.7. The van der Waals surface area contributed by atoms with Crippen LogP contribution in [0.4, 0.5) is 4.39 Å².